The second-order valence-corrected chi connectivity index (χ2v) is 7.22. The molecule has 1 N–H and O–H groups in total. The van der Waals surface area contributed by atoms with E-state index in [1.807, 2.05) is 6.07 Å². The molecule has 3 nitrogen and oxygen atoms in total. The number of rotatable bonds is 6. The first-order valence-corrected chi connectivity index (χ1v) is 8.88. The molecule has 0 saturated carbocycles. The van der Waals surface area contributed by atoms with Crippen LogP contribution in [-0.4, -0.2) is 23.3 Å². The summed E-state index contributed by atoms with van der Waals surface area (Å²) in [5, 5.41) is 14.0. The van der Waals surface area contributed by atoms with E-state index < -0.39 is 0 Å². The molecular weight excluding hydrogens is 437 g/mol. The van der Waals surface area contributed by atoms with E-state index in [0.29, 0.717) is 0 Å². The van der Waals surface area contributed by atoms with Crippen LogP contribution in [0.5, 0.6) is 0 Å². The first-order chi connectivity index (χ1) is 9.20. The Hall–Kier alpha value is -0.0500. The third-order valence-electron chi connectivity index (χ3n) is 2.62. The highest BCUT2D eigenvalue weighted by molar-refractivity contribution is 14.1. The summed E-state index contributed by atoms with van der Waals surface area (Å²) in [5.41, 5.74) is 1.16. The summed E-state index contributed by atoms with van der Waals surface area (Å²) in [5.74, 6) is 0. The molecule has 6 heteroatoms. The molecule has 1 aromatic heterocycles. The largest absolute Gasteiger partial charge is 0.317 e. The molecule has 0 atom stereocenters. The van der Waals surface area contributed by atoms with Crippen LogP contribution in [0.4, 0.5) is 0 Å². The van der Waals surface area contributed by atoms with E-state index in [1.54, 1.807) is 11.3 Å². The van der Waals surface area contributed by atoms with Gasteiger partial charge in [-0.15, -0.1) is 10.2 Å². The number of nitrogens with zero attached hydrogens (tertiary/aromatic N) is 2. The summed E-state index contributed by atoms with van der Waals surface area (Å²) in [4.78, 5) is 0. The molecule has 0 aliphatic carbocycles. The van der Waals surface area contributed by atoms with Crippen molar-refractivity contribution in [3.8, 4) is 10.6 Å². The number of halogens is 2. The van der Waals surface area contributed by atoms with E-state index in [-0.39, 0.29) is 0 Å². The summed E-state index contributed by atoms with van der Waals surface area (Å²) < 4.78 is 2.28. The maximum absolute atomic E-state index is 4.31. The second-order valence-electron chi connectivity index (χ2n) is 4.08. The van der Waals surface area contributed by atoms with Gasteiger partial charge in [-0.1, -0.05) is 34.2 Å². The van der Waals surface area contributed by atoms with Crippen molar-refractivity contribution < 1.29 is 0 Å². The van der Waals surface area contributed by atoms with Crippen LogP contribution in [0.15, 0.2) is 22.7 Å². The van der Waals surface area contributed by atoms with Crippen molar-refractivity contribution in [2.75, 3.05) is 13.1 Å². The smallest absolute Gasteiger partial charge is 0.148 e. The molecule has 0 fully saturated rings. The summed E-state index contributed by atoms with van der Waals surface area (Å²) in [6.45, 7) is 4.19. The number of nitrogens with one attached hydrogen (secondary N) is 1. The van der Waals surface area contributed by atoms with Gasteiger partial charge in [0.05, 0.1) is 0 Å². The van der Waals surface area contributed by atoms with E-state index in [2.05, 4.69) is 73.1 Å². The predicted octanol–water partition coefficient (Wildman–Crippen LogP) is 4.11. The van der Waals surface area contributed by atoms with E-state index in [0.717, 1.165) is 46.0 Å². The van der Waals surface area contributed by atoms with E-state index >= 15 is 0 Å². The first-order valence-electron chi connectivity index (χ1n) is 6.19. The fraction of sp³-hybridized carbons (Fsp3) is 0.385. The van der Waals surface area contributed by atoms with Crippen LogP contribution in [0.2, 0.25) is 0 Å². The van der Waals surface area contributed by atoms with Crippen LogP contribution in [0.1, 0.15) is 18.4 Å². The molecule has 0 aliphatic heterocycles. The maximum Gasteiger partial charge on any atom is 0.148 e. The SMILES string of the molecule is CCNCCCc1nnc(-c2cc(Br)ccc2I)s1. The zero-order valence-electron chi connectivity index (χ0n) is 10.6. The van der Waals surface area contributed by atoms with Crippen LogP contribution in [0.3, 0.4) is 0 Å². The van der Waals surface area contributed by atoms with Crippen LogP contribution in [-0.2, 0) is 6.42 Å². The molecular formula is C13H15BrIN3S. The highest BCUT2D eigenvalue weighted by atomic mass is 127. The average Bonchev–Trinajstić information content (AvgIpc) is 2.86. The quantitative estimate of drug-likeness (QED) is 0.530. The third kappa shape index (κ3) is 4.47. The molecule has 0 amide bonds. The zero-order valence-corrected chi connectivity index (χ0v) is 15.2. The van der Waals surface area contributed by atoms with Crippen molar-refractivity contribution in [3.05, 3.63) is 31.2 Å². The monoisotopic (exact) mass is 451 g/mol. The average molecular weight is 452 g/mol. The number of hydrogen-bond acceptors (Lipinski definition) is 4. The Balaban J connectivity index is 2.06. The maximum atomic E-state index is 4.31. The molecule has 0 bridgehead atoms. The second kappa shape index (κ2) is 7.66. The lowest BCUT2D eigenvalue weighted by Crippen LogP contribution is -2.14. The lowest BCUT2D eigenvalue weighted by atomic mass is 10.2. The lowest BCUT2D eigenvalue weighted by Gasteiger charge is -2.00. The van der Waals surface area contributed by atoms with Gasteiger partial charge >= 0.3 is 0 Å². The highest BCUT2D eigenvalue weighted by Gasteiger charge is 2.10. The summed E-state index contributed by atoms with van der Waals surface area (Å²) in [6.07, 6.45) is 2.10. The molecule has 1 heterocycles. The van der Waals surface area contributed by atoms with Gasteiger partial charge in [-0.3, -0.25) is 0 Å². The summed E-state index contributed by atoms with van der Waals surface area (Å²) in [6, 6.07) is 6.24. The minimum atomic E-state index is 0.995. The van der Waals surface area contributed by atoms with Gasteiger partial charge in [0, 0.05) is 20.0 Å². The molecule has 102 valence electrons. The van der Waals surface area contributed by atoms with Gasteiger partial charge in [0.2, 0.25) is 0 Å². The minimum Gasteiger partial charge on any atom is -0.317 e. The zero-order chi connectivity index (χ0) is 13.7. The Bertz CT molecular complexity index is 544. The number of aromatic nitrogens is 2. The lowest BCUT2D eigenvalue weighted by molar-refractivity contribution is 0.669. The predicted molar refractivity (Wildman–Crippen MR) is 92.6 cm³/mol. The highest BCUT2D eigenvalue weighted by Crippen LogP contribution is 2.30. The third-order valence-corrected chi connectivity index (χ3v) is 5.07. The molecule has 0 aliphatic rings. The Morgan fingerprint density at radius 3 is 3.00 bits per heavy atom. The van der Waals surface area contributed by atoms with Crippen molar-refractivity contribution in [3.63, 3.8) is 0 Å². The molecule has 2 aromatic rings. The van der Waals surface area contributed by atoms with Crippen molar-refractivity contribution in [1.29, 1.82) is 0 Å². The van der Waals surface area contributed by atoms with E-state index in [9.17, 15) is 0 Å². The van der Waals surface area contributed by atoms with E-state index in [4.69, 9.17) is 0 Å². The molecule has 0 radical (unpaired) electrons. The minimum absolute atomic E-state index is 0.995. The van der Waals surface area contributed by atoms with Gasteiger partial charge in [0.15, 0.2) is 0 Å². The van der Waals surface area contributed by atoms with Gasteiger partial charge in [-0.25, -0.2) is 0 Å². The Morgan fingerprint density at radius 1 is 1.37 bits per heavy atom. The Kier molecular flexibility index (Phi) is 6.18. The van der Waals surface area contributed by atoms with Gasteiger partial charge in [-0.05, 0) is 60.3 Å². The van der Waals surface area contributed by atoms with Crippen molar-refractivity contribution in [2.24, 2.45) is 0 Å². The van der Waals surface area contributed by atoms with E-state index in [1.165, 1.54) is 3.57 Å². The topological polar surface area (TPSA) is 37.8 Å². The fourth-order valence-corrected chi connectivity index (χ4v) is 3.71. The van der Waals surface area contributed by atoms with Crippen LogP contribution in [0.25, 0.3) is 10.6 Å². The number of hydrogen-bond donors (Lipinski definition) is 1. The van der Waals surface area contributed by atoms with Gasteiger partial charge in [0.1, 0.15) is 10.0 Å². The normalized spacial score (nSPS) is 10.9. The Labute approximate surface area is 139 Å². The summed E-state index contributed by atoms with van der Waals surface area (Å²) in [7, 11) is 0. The van der Waals surface area contributed by atoms with Crippen LogP contribution in [0, 0.1) is 3.57 Å². The van der Waals surface area contributed by atoms with Gasteiger partial charge in [0.25, 0.3) is 0 Å². The van der Waals surface area contributed by atoms with Crippen molar-refractivity contribution in [2.45, 2.75) is 19.8 Å². The first kappa shape index (κ1) is 15.3. The molecule has 0 spiro atoms. The van der Waals surface area contributed by atoms with Crippen LogP contribution < -0.4 is 5.32 Å². The standard InChI is InChI=1S/C13H15BrIN3S/c1-2-16-7-3-4-12-17-18-13(19-12)10-8-9(14)5-6-11(10)15/h5-6,8,16H,2-4,7H2,1H3. The number of benzene rings is 1. The van der Waals surface area contributed by atoms with Gasteiger partial charge in [-0.2, -0.15) is 0 Å². The summed E-state index contributed by atoms with van der Waals surface area (Å²) >= 11 is 7.53. The Morgan fingerprint density at radius 2 is 2.21 bits per heavy atom. The fourth-order valence-electron chi connectivity index (χ4n) is 1.67. The molecule has 2 rings (SSSR count). The molecule has 19 heavy (non-hydrogen) atoms. The molecule has 1 aromatic carbocycles. The van der Waals surface area contributed by atoms with Crippen molar-refractivity contribution >= 4 is 49.9 Å². The molecule has 0 unspecified atom stereocenters. The molecule has 0 saturated heterocycles. The number of aryl methyl sites for hydroxylation is 1. The van der Waals surface area contributed by atoms with Crippen LogP contribution >= 0.6 is 49.9 Å². The van der Waals surface area contributed by atoms with Crippen molar-refractivity contribution in [1.82, 2.24) is 15.5 Å². The van der Waals surface area contributed by atoms with Gasteiger partial charge < -0.3 is 5.32 Å².